The molecule has 1 atom stereocenters. The Morgan fingerprint density at radius 2 is 1.63 bits per heavy atom. The third kappa shape index (κ3) is 6.28. The molecule has 1 aliphatic heterocycles. The van der Waals surface area contributed by atoms with E-state index in [-0.39, 0.29) is 29.7 Å². The molecule has 3 amide bonds. The normalized spacial score (nSPS) is 15.9. The molecule has 0 bridgehead atoms. The minimum Gasteiger partial charge on any atom is -0.351 e. The SMILES string of the molecule is CCC(CC)C(=O)N1CCC(NC(=O)C(NC(=O)c2ccc(F)cc2)C(C)C)CC1. The molecule has 6 nitrogen and oxygen atoms in total. The van der Waals surface area contributed by atoms with E-state index in [0.29, 0.717) is 31.5 Å². The van der Waals surface area contributed by atoms with E-state index in [1.807, 2.05) is 32.6 Å². The van der Waals surface area contributed by atoms with E-state index in [0.717, 1.165) is 12.8 Å². The molecular formula is C23H34FN3O3. The van der Waals surface area contributed by atoms with Crippen molar-refractivity contribution in [2.75, 3.05) is 13.1 Å². The summed E-state index contributed by atoms with van der Waals surface area (Å²) in [6, 6.07) is 4.52. The Morgan fingerprint density at radius 1 is 1.07 bits per heavy atom. The fraction of sp³-hybridized carbons (Fsp3) is 0.609. The summed E-state index contributed by atoms with van der Waals surface area (Å²) in [5.41, 5.74) is 0.308. The van der Waals surface area contributed by atoms with Crippen molar-refractivity contribution in [3.63, 3.8) is 0 Å². The van der Waals surface area contributed by atoms with E-state index < -0.39 is 17.8 Å². The molecule has 1 heterocycles. The number of hydrogen-bond donors (Lipinski definition) is 2. The average Bonchev–Trinajstić information content (AvgIpc) is 2.73. The Bertz CT molecular complexity index is 724. The van der Waals surface area contributed by atoms with Crippen molar-refractivity contribution in [2.45, 2.75) is 65.5 Å². The van der Waals surface area contributed by atoms with Gasteiger partial charge >= 0.3 is 0 Å². The van der Waals surface area contributed by atoms with Crippen molar-refractivity contribution in [2.24, 2.45) is 11.8 Å². The quantitative estimate of drug-likeness (QED) is 0.680. The Balaban J connectivity index is 1.90. The van der Waals surface area contributed by atoms with Gasteiger partial charge in [-0.2, -0.15) is 0 Å². The number of nitrogens with zero attached hydrogens (tertiary/aromatic N) is 1. The zero-order valence-corrected chi connectivity index (χ0v) is 18.4. The molecule has 1 fully saturated rings. The maximum atomic E-state index is 13.1. The lowest BCUT2D eigenvalue weighted by Crippen LogP contribution is -2.54. The van der Waals surface area contributed by atoms with Gasteiger partial charge in [0.2, 0.25) is 11.8 Å². The molecule has 2 rings (SSSR count). The standard InChI is InChI=1S/C23H34FN3O3/c1-5-16(6-2)23(30)27-13-11-19(12-14-27)25-22(29)20(15(3)4)26-21(28)17-7-9-18(24)10-8-17/h7-10,15-16,19-20H,5-6,11-14H2,1-4H3,(H,25,29)(H,26,28). The zero-order chi connectivity index (χ0) is 22.3. The number of benzene rings is 1. The average molecular weight is 420 g/mol. The van der Waals surface area contributed by atoms with E-state index in [9.17, 15) is 18.8 Å². The predicted molar refractivity (Wildman–Crippen MR) is 114 cm³/mol. The van der Waals surface area contributed by atoms with Gasteiger partial charge in [-0.25, -0.2) is 4.39 Å². The lowest BCUT2D eigenvalue weighted by atomic mass is 9.97. The highest BCUT2D eigenvalue weighted by molar-refractivity contribution is 5.97. The number of amides is 3. The van der Waals surface area contributed by atoms with E-state index in [2.05, 4.69) is 10.6 Å². The maximum absolute atomic E-state index is 13.1. The maximum Gasteiger partial charge on any atom is 0.251 e. The second kappa shape index (κ2) is 11.1. The summed E-state index contributed by atoms with van der Waals surface area (Å²) in [6.45, 7) is 9.07. The molecule has 1 aromatic rings. The number of carbonyl (C=O) groups excluding carboxylic acids is 3. The highest BCUT2D eigenvalue weighted by Gasteiger charge is 2.30. The summed E-state index contributed by atoms with van der Waals surface area (Å²) in [6.07, 6.45) is 3.09. The van der Waals surface area contributed by atoms with Crippen LogP contribution in [0.5, 0.6) is 0 Å². The predicted octanol–water partition coefficient (Wildman–Crippen LogP) is 3.12. The molecular weight excluding hydrogens is 385 g/mol. The Hall–Kier alpha value is -2.44. The molecule has 166 valence electrons. The van der Waals surface area contributed by atoms with Crippen molar-refractivity contribution < 1.29 is 18.8 Å². The molecule has 2 N–H and O–H groups in total. The second-order valence-electron chi connectivity index (χ2n) is 8.32. The number of piperidine rings is 1. The monoisotopic (exact) mass is 419 g/mol. The number of carbonyl (C=O) groups is 3. The molecule has 30 heavy (non-hydrogen) atoms. The number of halogens is 1. The van der Waals surface area contributed by atoms with Crippen molar-refractivity contribution in [3.05, 3.63) is 35.6 Å². The van der Waals surface area contributed by atoms with Gasteiger partial charge < -0.3 is 15.5 Å². The molecule has 0 saturated carbocycles. The molecule has 0 spiro atoms. The summed E-state index contributed by atoms with van der Waals surface area (Å²) >= 11 is 0. The molecule has 0 radical (unpaired) electrons. The van der Waals surface area contributed by atoms with Crippen LogP contribution in [-0.4, -0.2) is 47.8 Å². The third-order valence-electron chi connectivity index (χ3n) is 5.83. The van der Waals surface area contributed by atoms with Crippen molar-refractivity contribution in [1.29, 1.82) is 0 Å². The van der Waals surface area contributed by atoms with E-state index >= 15 is 0 Å². The van der Waals surface area contributed by atoms with Gasteiger partial charge in [0, 0.05) is 30.6 Å². The van der Waals surface area contributed by atoms with Gasteiger partial charge in [-0.1, -0.05) is 27.7 Å². The van der Waals surface area contributed by atoms with Crippen LogP contribution in [-0.2, 0) is 9.59 Å². The number of rotatable bonds is 8. The van der Waals surface area contributed by atoms with Crippen molar-refractivity contribution in [1.82, 2.24) is 15.5 Å². The summed E-state index contributed by atoms with van der Waals surface area (Å²) in [5, 5.41) is 5.79. The third-order valence-corrected chi connectivity index (χ3v) is 5.83. The summed E-state index contributed by atoms with van der Waals surface area (Å²) in [4.78, 5) is 39.7. The Kier molecular flexibility index (Phi) is 8.81. The van der Waals surface area contributed by atoms with Crippen molar-refractivity contribution in [3.8, 4) is 0 Å². The molecule has 0 aliphatic carbocycles. The minimum absolute atomic E-state index is 0.0211. The van der Waals surface area contributed by atoms with Gasteiger partial charge in [0.15, 0.2) is 0 Å². The molecule has 1 unspecified atom stereocenters. The first-order valence-electron chi connectivity index (χ1n) is 10.9. The first-order valence-corrected chi connectivity index (χ1v) is 10.9. The highest BCUT2D eigenvalue weighted by atomic mass is 19.1. The number of nitrogens with one attached hydrogen (secondary N) is 2. The van der Waals surface area contributed by atoms with Gasteiger partial charge in [0.25, 0.3) is 5.91 Å². The van der Waals surface area contributed by atoms with Gasteiger partial charge in [-0.15, -0.1) is 0 Å². The molecule has 0 aromatic heterocycles. The zero-order valence-electron chi connectivity index (χ0n) is 18.4. The molecule has 1 aliphatic rings. The Morgan fingerprint density at radius 3 is 2.13 bits per heavy atom. The number of hydrogen-bond acceptors (Lipinski definition) is 3. The van der Waals surface area contributed by atoms with E-state index in [1.54, 1.807) is 0 Å². The van der Waals surface area contributed by atoms with Crippen LogP contribution in [0.3, 0.4) is 0 Å². The van der Waals surface area contributed by atoms with Crippen LogP contribution in [0.25, 0.3) is 0 Å². The van der Waals surface area contributed by atoms with Crippen LogP contribution < -0.4 is 10.6 Å². The van der Waals surface area contributed by atoms with Crippen LogP contribution >= 0.6 is 0 Å². The minimum atomic E-state index is -0.688. The van der Waals surface area contributed by atoms with E-state index in [1.165, 1.54) is 24.3 Å². The Labute approximate surface area is 178 Å². The summed E-state index contributed by atoms with van der Waals surface area (Å²) in [7, 11) is 0. The largest absolute Gasteiger partial charge is 0.351 e. The van der Waals surface area contributed by atoms with Gasteiger partial charge in [0.05, 0.1) is 0 Å². The first kappa shape index (κ1) is 23.8. The van der Waals surface area contributed by atoms with Crippen LogP contribution in [0.4, 0.5) is 4.39 Å². The van der Waals surface area contributed by atoms with Gasteiger partial charge in [-0.05, 0) is 55.9 Å². The van der Waals surface area contributed by atoms with Gasteiger partial charge in [0.1, 0.15) is 11.9 Å². The van der Waals surface area contributed by atoms with Crippen LogP contribution in [0, 0.1) is 17.7 Å². The van der Waals surface area contributed by atoms with Crippen LogP contribution in [0.2, 0.25) is 0 Å². The topological polar surface area (TPSA) is 78.5 Å². The smallest absolute Gasteiger partial charge is 0.251 e. The molecule has 1 aromatic carbocycles. The lowest BCUT2D eigenvalue weighted by molar-refractivity contribution is -0.137. The fourth-order valence-electron chi connectivity index (χ4n) is 3.79. The second-order valence-corrected chi connectivity index (χ2v) is 8.32. The van der Waals surface area contributed by atoms with Crippen molar-refractivity contribution >= 4 is 17.7 Å². The first-order chi connectivity index (χ1) is 14.3. The lowest BCUT2D eigenvalue weighted by Gasteiger charge is -2.35. The highest BCUT2D eigenvalue weighted by Crippen LogP contribution is 2.18. The fourth-order valence-corrected chi connectivity index (χ4v) is 3.79. The van der Waals surface area contributed by atoms with E-state index in [4.69, 9.17) is 0 Å². The molecule has 1 saturated heterocycles. The number of likely N-dealkylation sites (tertiary alicyclic amines) is 1. The van der Waals surface area contributed by atoms with Crippen LogP contribution in [0.1, 0.15) is 63.7 Å². The summed E-state index contributed by atoms with van der Waals surface area (Å²) < 4.78 is 13.1. The van der Waals surface area contributed by atoms with Gasteiger partial charge in [-0.3, -0.25) is 14.4 Å². The van der Waals surface area contributed by atoms with Crippen LogP contribution in [0.15, 0.2) is 24.3 Å². The molecule has 7 heteroatoms. The summed E-state index contributed by atoms with van der Waals surface area (Å²) in [5.74, 6) is -0.885.